The minimum absolute atomic E-state index is 0.938. The number of hydrazine groups is 1. The van der Waals surface area contributed by atoms with Gasteiger partial charge in [0.15, 0.2) is 0 Å². The van der Waals surface area contributed by atoms with Crippen LogP contribution in [0.5, 0.6) is 0 Å². The highest BCUT2D eigenvalue weighted by molar-refractivity contribution is 8.00. The van der Waals surface area contributed by atoms with Crippen molar-refractivity contribution in [1.82, 2.24) is 10.3 Å². The standard InChI is InChI=1S/C3H6N2S/c1-2-4-5-6-3-1/h1,3-5H,2H2. The third kappa shape index (κ3) is 1.01. The van der Waals surface area contributed by atoms with E-state index in [1.807, 2.05) is 5.41 Å². The van der Waals surface area contributed by atoms with E-state index in [2.05, 4.69) is 16.3 Å². The van der Waals surface area contributed by atoms with Crippen LogP contribution in [-0.2, 0) is 0 Å². The second-order valence-electron chi connectivity index (χ2n) is 0.973. The lowest BCUT2D eigenvalue weighted by Gasteiger charge is -2.03. The van der Waals surface area contributed by atoms with Crippen LogP contribution in [0.15, 0.2) is 11.5 Å². The van der Waals surface area contributed by atoms with Gasteiger partial charge in [0.1, 0.15) is 0 Å². The Bertz CT molecular complexity index is 53.8. The summed E-state index contributed by atoms with van der Waals surface area (Å²) in [6, 6.07) is 0. The van der Waals surface area contributed by atoms with Crippen molar-refractivity contribution in [2.45, 2.75) is 0 Å². The number of hydrogen-bond donors (Lipinski definition) is 2. The predicted molar refractivity (Wildman–Crippen MR) is 27.9 cm³/mol. The molecule has 1 rings (SSSR count). The fourth-order valence-corrected chi connectivity index (χ4v) is 0.700. The van der Waals surface area contributed by atoms with Gasteiger partial charge in [0.25, 0.3) is 0 Å². The summed E-state index contributed by atoms with van der Waals surface area (Å²) in [5.41, 5.74) is 2.91. The number of hydrogen-bond acceptors (Lipinski definition) is 3. The molecule has 0 unspecified atom stereocenters. The van der Waals surface area contributed by atoms with Crippen molar-refractivity contribution in [3.63, 3.8) is 0 Å². The molecular weight excluding hydrogens is 96.1 g/mol. The van der Waals surface area contributed by atoms with E-state index < -0.39 is 0 Å². The Hall–Kier alpha value is 0.01000. The second kappa shape index (κ2) is 2.23. The lowest BCUT2D eigenvalue weighted by atomic mass is 10.7. The van der Waals surface area contributed by atoms with Crippen LogP contribution in [0.1, 0.15) is 0 Å². The van der Waals surface area contributed by atoms with Gasteiger partial charge in [-0.3, -0.25) is 0 Å². The van der Waals surface area contributed by atoms with Gasteiger partial charge in [0.2, 0.25) is 0 Å². The molecule has 0 aliphatic carbocycles. The summed E-state index contributed by atoms with van der Waals surface area (Å²) in [6.07, 6.45) is 2.06. The molecule has 0 spiro atoms. The van der Waals surface area contributed by atoms with E-state index in [4.69, 9.17) is 0 Å². The summed E-state index contributed by atoms with van der Waals surface area (Å²) in [5, 5.41) is 2.01. The van der Waals surface area contributed by atoms with Crippen molar-refractivity contribution in [1.29, 1.82) is 0 Å². The first-order chi connectivity index (χ1) is 3.00. The zero-order chi connectivity index (χ0) is 4.24. The average Bonchev–Trinajstić information content (AvgIpc) is 1.72. The molecule has 0 fully saturated rings. The third-order valence-electron chi connectivity index (χ3n) is 0.515. The smallest absolute Gasteiger partial charge is 0.0298 e. The van der Waals surface area contributed by atoms with Crippen LogP contribution >= 0.6 is 11.9 Å². The van der Waals surface area contributed by atoms with Gasteiger partial charge in [-0.05, 0) is 17.4 Å². The van der Waals surface area contributed by atoms with Crippen molar-refractivity contribution < 1.29 is 0 Å². The first kappa shape index (κ1) is 4.18. The highest BCUT2D eigenvalue weighted by atomic mass is 32.2. The number of rotatable bonds is 0. The van der Waals surface area contributed by atoms with Crippen molar-refractivity contribution in [2.75, 3.05) is 6.54 Å². The maximum atomic E-state index is 2.91. The Morgan fingerprint density at radius 3 is 2.83 bits per heavy atom. The van der Waals surface area contributed by atoms with Crippen molar-refractivity contribution in [3.8, 4) is 0 Å². The van der Waals surface area contributed by atoms with E-state index in [0.717, 1.165) is 6.54 Å². The van der Waals surface area contributed by atoms with Gasteiger partial charge in [-0.1, -0.05) is 6.08 Å². The van der Waals surface area contributed by atoms with Crippen LogP contribution in [0.3, 0.4) is 0 Å². The maximum absolute atomic E-state index is 2.91. The van der Waals surface area contributed by atoms with Gasteiger partial charge in [0.05, 0.1) is 0 Å². The van der Waals surface area contributed by atoms with Gasteiger partial charge < -0.3 is 0 Å². The fourth-order valence-electron chi connectivity index (χ4n) is 0.273. The van der Waals surface area contributed by atoms with E-state index >= 15 is 0 Å². The molecule has 0 aromatic heterocycles. The lowest BCUT2D eigenvalue weighted by Crippen LogP contribution is -2.26. The van der Waals surface area contributed by atoms with Gasteiger partial charge in [-0.15, -0.1) is 0 Å². The van der Waals surface area contributed by atoms with E-state index in [-0.39, 0.29) is 0 Å². The monoisotopic (exact) mass is 102 g/mol. The highest BCUT2D eigenvalue weighted by Gasteiger charge is 1.83. The van der Waals surface area contributed by atoms with Crippen LogP contribution in [0.25, 0.3) is 0 Å². The molecule has 0 atom stereocenters. The van der Waals surface area contributed by atoms with E-state index in [9.17, 15) is 0 Å². The zero-order valence-corrected chi connectivity index (χ0v) is 4.09. The maximum Gasteiger partial charge on any atom is 0.0298 e. The molecule has 1 aliphatic rings. The van der Waals surface area contributed by atoms with Crippen molar-refractivity contribution >= 4 is 11.9 Å². The normalized spacial score (nSPS) is 21.3. The van der Waals surface area contributed by atoms with Crippen LogP contribution in [0.4, 0.5) is 0 Å². The molecule has 1 heterocycles. The average molecular weight is 102 g/mol. The summed E-state index contributed by atoms with van der Waals surface area (Å²) in [6.45, 7) is 0.938. The highest BCUT2D eigenvalue weighted by Crippen LogP contribution is 1.94. The molecule has 0 aromatic rings. The van der Waals surface area contributed by atoms with E-state index in [1.165, 1.54) is 0 Å². The summed E-state index contributed by atoms with van der Waals surface area (Å²) < 4.78 is 0. The molecule has 6 heavy (non-hydrogen) atoms. The SMILES string of the molecule is C1=CSNNC1. The molecule has 0 aromatic carbocycles. The third-order valence-corrected chi connectivity index (χ3v) is 1.11. The minimum atomic E-state index is 0.938. The fraction of sp³-hybridized carbons (Fsp3) is 0.333. The molecule has 2 N–H and O–H groups in total. The van der Waals surface area contributed by atoms with E-state index in [1.54, 1.807) is 11.9 Å². The summed E-state index contributed by atoms with van der Waals surface area (Å²) in [4.78, 5) is 2.86. The molecular formula is C3H6N2S. The Morgan fingerprint density at radius 1 is 1.67 bits per heavy atom. The Morgan fingerprint density at radius 2 is 2.67 bits per heavy atom. The molecule has 0 amide bonds. The lowest BCUT2D eigenvalue weighted by molar-refractivity contribution is 0.751. The van der Waals surface area contributed by atoms with Crippen LogP contribution in [-0.4, -0.2) is 6.54 Å². The zero-order valence-electron chi connectivity index (χ0n) is 3.27. The first-order valence-corrected chi connectivity index (χ1v) is 2.66. The largest absolute Gasteiger partial charge is 0.244 e. The molecule has 0 radical (unpaired) electrons. The Labute approximate surface area is 41.1 Å². The molecule has 34 valence electrons. The van der Waals surface area contributed by atoms with Gasteiger partial charge in [-0.2, -0.15) is 4.83 Å². The molecule has 0 saturated heterocycles. The Kier molecular flexibility index (Phi) is 1.55. The van der Waals surface area contributed by atoms with Crippen LogP contribution in [0, 0.1) is 0 Å². The number of nitrogens with one attached hydrogen (secondary N) is 2. The molecule has 1 aliphatic heterocycles. The van der Waals surface area contributed by atoms with Crippen molar-refractivity contribution in [3.05, 3.63) is 11.5 Å². The van der Waals surface area contributed by atoms with Gasteiger partial charge >= 0.3 is 0 Å². The Balaban J connectivity index is 2.26. The van der Waals surface area contributed by atoms with Crippen molar-refractivity contribution in [2.24, 2.45) is 0 Å². The summed E-state index contributed by atoms with van der Waals surface area (Å²) in [5.74, 6) is 0. The van der Waals surface area contributed by atoms with Gasteiger partial charge in [0, 0.05) is 6.54 Å². The van der Waals surface area contributed by atoms with E-state index in [0.29, 0.717) is 0 Å². The topological polar surface area (TPSA) is 24.1 Å². The van der Waals surface area contributed by atoms with Crippen LogP contribution < -0.4 is 10.3 Å². The molecule has 0 bridgehead atoms. The summed E-state index contributed by atoms with van der Waals surface area (Å²) >= 11 is 1.55. The molecule has 2 nitrogen and oxygen atoms in total. The quantitative estimate of drug-likeness (QED) is 0.429. The minimum Gasteiger partial charge on any atom is -0.244 e. The summed E-state index contributed by atoms with van der Waals surface area (Å²) in [7, 11) is 0. The predicted octanol–water partition coefficient (Wildman–Crippen LogP) is 0.256. The second-order valence-corrected chi connectivity index (χ2v) is 1.68. The first-order valence-electron chi connectivity index (χ1n) is 1.78. The van der Waals surface area contributed by atoms with Gasteiger partial charge in [-0.25, -0.2) is 5.43 Å². The molecule has 3 heteroatoms. The molecule has 0 saturated carbocycles. The van der Waals surface area contributed by atoms with Crippen LogP contribution in [0.2, 0.25) is 0 Å².